The van der Waals surface area contributed by atoms with Crippen LogP contribution in [0.3, 0.4) is 0 Å². The standard InChI is InChI=1S/C15H11F3N2O2/c1-22-11-5-3-10(4-6-11)20-13-7-2-9(15(16,17)18)8-12(13)19-14(20)21/h2-8H,1H3,(H,19,21). The van der Waals surface area contributed by atoms with Crippen LogP contribution in [0.2, 0.25) is 0 Å². The highest BCUT2D eigenvalue weighted by Crippen LogP contribution is 2.31. The zero-order chi connectivity index (χ0) is 15.9. The summed E-state index contributed by atoms with van der Waals surface area (Å²) in [4.78, 5) is 14.5. The summed E-state index contributed by atoms with van der Waals surface area (Å²) in [5, 5.41) is 0. The number of hydrogen-bond acceptors (Lipinski definition) is 2. The van der Waals surface area contributed by atoms with Gasteiger partial charge in [0.25, 0.3) is 0 Å². The van der Waals surface area contributed by atoms with Crippen LogP contribution in [0.25, 0.3) is 16.7 Å². The van der Waals surface area contributed by atoms with Crippen molar-refractivity contribution in [2.75, 3.05) is 7.11 Å². The van der Waals surface area contributed by atoms with Crippen LogP contribution >= 0.6 is 0 Å². The van der Waals surface area contributed by atoms with Gasteiger partial charge in [-0.05, 0) is 42.5 Å². The Kier molecular flexibility index (Phi) is 3.20. The van der Waals surface area contributed by atoms with Crippen molar-refractivity contribution in [3.63, 3.8) is 0 Å². The fourth-order valence-corrected chi connectivity index (χ4v) is 2.28. The molecule has 0 saturated heterocycles. The van der Waals surface area contributed by atoms with Crippen LogP contribution in [0.4, 0.5) is 13.2 Å². The second kappa shape index (κ2) is 4.94. The zero-order valence-electron chi connectivity index (χ0n) is 11.4. The minimum atomic E-state index is -4.45. The van der Waals surface area contributed by atoms with Crippen LogP contribution in [-0.4, -0.2) is 16.7 Å². The molecule has 0 saturated carbocycles. The van der Waals surface area contributed by atoms with Gasteiger partial charge in [-0.2, -0.15) is 13.2 Å². The molecule has 0 bridgehead atoms. The Bertz CT molecular complexity index is 876. The van der Waals surface area contributed by atoms with E-state index in [-0.39, 0.29) is 5.52 Å². The van der Waals surface area contributed by atoms with E-state index in [4.69, 9.17) is 4.74 Å². The summed E-state index contributed by atoms with van der Waals surface area (Å²) in [7, 11) is 1.52. The minimum absolute atomic E-state index is 0.135. The molecule has 0 atom stereocenters. The molecule has 0 aliphatic rings. The van der Waals surface area contributed by atoms with E-state index in [0.717, 1.165) is 12.1 Å². The number of aromatic amines is 1. The Hall–Kier alpha value is -2.70. The van der Waals surface area contributed by atoms with Crippen molar-refractivity contribution in [2.45, 2.75) is 6.18 Å². The van der Waals surface area contributed by atoms with E-state index in [9.17, 15) is 18.0 Å². The van der Waals surface area contributed by atoms with Crippen molar-refractivity contribution in [3.05, 3.63) is 58.5 Å². The highest BCUT2D eigenvalue weighted by Gasteiger charge is 2.30. The number of methoxy groups -OCH3 is 1. The van der Waals surface area contributed by atoms with Crippen LogP contribution < -0.4 is 10.4 Å². The van der Waals surface area contributed by atoms with Crippen molar-refractivity contribution < 1.29 is 17.9 Å². The maximum Gasteiger partial charge on any atom is 0.416 e. The molecule has 1 N–H and O–H groups in total. The predicted molar refractivity (Wildman–Crippen MR) is 75.4 cm³/mol. The minimum Gasteiger partial charge on any atom is -0.497 e. The van der Waals surface area contributed by atoms with Gasteiger partial charge in [-0.25, -0.2) is 4.79 Å². The molecule has 0 unspecified atom stereocenters. The van der Waals surface area contributed by atoms with Gasteiger partial charge in [-0.15, -0.1) is 0 Å². The number of ether oxygens (including phenoxy) is 1. The lowest BCUT2D eigenvalue weighted by Crippen LogP contribution is -2.14. The van der Waals surface area contributed by atoms with E-state index >= 15 is 0 Å². The Morgan fingerprint density at radius 2 is 1.77 bits per heavy atom. The number of H-pyrrole nitrogens is 1. The Morgan fingerprint density at radius 3 is 2.36 bits per heavy atom. The number of alkyl halides is 3. The molecular formula is C15H11F3N2O2. The van der Waals surface area contributed by atoms with Gasteiger partial charge in [0.05, 0.1) is 29.4 Å². The van der Waals surface area contributed by atoms with E-state index in [0.29, 0.717) is 17.0 Å². The summed E-state index contributed by atoms with van der Waals surface area (Å²) in [6, 6.07) is 9.82. The number of rotatable bonds is 2. The number of hydrogen-bond donors (Lipinski definition) is 1. The average Bonchev–Trinajstić information content (AvgIpc) is 2.81. The molecule has 1 aromatic heterocycles. The first kappa shape index (κ1) is 14.2. The highest BCUT2D eigenvalue weighted by atomic mass is 19.4. The third kappa shape index (κ3) is 2.34. The molecule has 3 aromatic rings. The lowest BCUT2D eigenvalue weighted by Gasteiger charge is -2.07. The van der Waals surface area contributed by atoms with Crippen LogP contribution in [0.1, 0.15) is 5.56 Å². The van der Waals surface area contributed by atoms with Crippen molar-refractivity contribution in [1.29, 1.82) is 0 Å². The summed E-state index contributed by atoms with van der Waals surface area (Å²) in [6.07, 6.45) is -4.45. The lowest BCUT2D eigenvalue weighted by atomic mass is 10.2. The fraction of sp³-hybridized carbons (Fsp3) is 0.133. The predicted octanol–water partition coefficient (Wildman–Crippen LogP) is 3.35. The summed E-state index contributed by atoms with van der Waals surface area (Å²) < 4.78 is 44.5. The molecule has 0 radical (unpaired) electrons. The largest absolute Gasteiger partial charge is 0.497 e. The number of fused-ring (bicyclic) bond motifs is 1. The van der Waals surface area contributed by atoms with E-state index in [2.05, 4.69) is 4.98 Å². The van der Waals surface area contributed by atoms with Crippen LogP contribution in [0.15, 0.2) is 47.3 Å². The molecule has 0 aliphatic carbocycles. The van der Waals surface area contributed by atoms with Gasteiger partial charge in [-0.3, -0.25) is 4.57 Å². The third-order valence-electron chi connectivity index (χ3n) is 3.34. The molecule has 1 heterocycles. The van der Waals surface area contributed by atoms with Gasteiger partial charge in [0.2, 0.25) is 0 Å². The van der Waals surface area contributed by atoms with Crippen molar-refractivity contribution in [2.24, 2.45) is 0 Å². The van der Waals surface area contributed by atoms with Crippen molar-refractivity contribution in [1.82, 2.24) is 9.55 Å². The van der Waals surface area contributed by atoms with Gasteiger partial charge < -0.3 is 9.72 Å². The van der Waals surface area contributed by atoms with E-state index < -0.39 is 17.4 Å². The van der Waals surface area contributed by atoms with Crippen LogP contribution in [0, 0.1) is 0 Å². The van der Waals surface area contributed by atoms with Crippen LogP contribution in [-0.2, 0) is 6.18 Å². The normalized spacial score (nSPS) is 11.8. The van der Waals surface area contributed by atoms with Crippen molar-refractivity contribution >= 4 is 11.0 Å². The maximum absolute atomic E-state index is 12.7. The molecule has 0 fully saturated rings. The summed E-state index contributed by atoms with van der Waals surface area (Å²) in [5.74, 6) is 0.621. The highest BCUT2D eigenvalue weighted by molar-refractivity contribution is 5.78. The molecule has 114 valence electrons. The van der Waals surface area contributed by atoms with E-state index in [1.807, 2.05) is 0 Å². The first-order valence-corrected chi connectivity index (χ1v) is 6.36. The van der Waals surface area contributed by atoms with E-state index in [1.54, 1.807) is 24.3 Å². The van der Waals surface area contributed by atoms with Crippen LogP contribution in [0.5, 0.6) is 5.75 Å². The monoisotopic (exact) mass is 308 g/mol. The Labute approximate surface area is 122 Å². The summed E-state index contributed by atoms with van der Waals surface area (Å²) in [6.45, 7) is 0. The Balaban J connectivity index is 2.17. The molecule has 4 nitrogen and oxygen atoms in total. The summed E-state index contributed by atoms with van der Waals surface area (Å²) in [5.41, 5.74) is -0.252. The average molecular weight is 308 g/mol. The molecule has 0 amide bonds. The van der Waals surface area contributed by atoms with Crippen molar-refractivity contribution in [3.8, 4) is 11.4 Å². The molecule has 7 heteroatoms. The zero-order valence-corrected chi connectivity index (χ0v) is 11.4. The first-order valence-electron chi connectivity index (χ1n) is 6.36. The second-order valence-electron chi connectivity index (χ2n) is 4.69. The molecule has 0 aliphatic heterocycles. The second-order valence-corrected chi connectivity index (χ2v) is 4.69. The van der Waals surface area contributed by atoms with Gasteiger partial charge in [-0.1, -0.05) is 0 Å². The van der Waals surface area contributed by atoms with Gasteiger partial charge in [0.15, 0.2) is 0 Å². The lowest BCUT2D eigenvalue weighted by molar-refractivity contribution is -0.137. The number of benzene rings is 2. The number of nitrogens with one attached hydrogen (secondary N) is 1. The number of aromatic nitrogens is 2. The quantitative estimate of drug-likeness (QED) is 0.789. The SMILES string of the molecule is COc1ccc(-n2c(=O)[nH]c3cc(C(F)(F)F)ccc32)cc1. The smallest absolute Gasteiger partial charge is 0.416 e. The molecule has 2 aromatic carbocycles. The molecular weight excluding hydrogens is 297 g/mol. The molecule has 0 spiro atoms. The third-order valence-corrected chi connectivity index (χ3v) is 3.34. The number of halogens is 3. The van der Waals surface area contributed by atoms with Gasteiger partial charge in [0, 0.05) is 0 Å². The van der Waals surface area contributed by atoms with Gasteiger partial charge >= 0.3 is 11.9 Å². The Morgan fingerprint density at radius 1 is 1.09 bits per heavy atom. The van der Waals surface area contributed by atoms with E-state index in [1.165, 1.54) is 17.7 Å². The number of imidazole rings is 1. The molecule has 22 heavy (non-hydrogen) atoms. The maximum atomic E-state index is 12.7. The first-order chi connectivity index (χ1) is 10.4. The number of nitrogens with zero attached hydrogens (tertiary/aromatic N) is 1. The fourth-order valence-electron chi connectivity index (χ4n) is 2.28. The molecule has 3 rings (SSSR count). The van der Waals surface area contributed by atoms with Gasteiger partial charge in [0.1, 0.15) is 5.75 Å². The topological polar surface area (TPSA) is 47.0 Å². The summed E-state index contributed by atoms with van der Waals surface area (Å²) >= 11 is 0.